The second kappa shape index (κ2) is 23.3. The number of morpholine rings is 1. The highest BCUT2D eigenvalue weighted by atomic mass is 32.1. The fourth-order valence-corrected chi connectivity index (χ4v) is 8.41. The number of aliphatic hydroxyl groups is 1. The van der Waals surface area contributed by atoms with E-state index in [0.29, 0.717) is 57.2 Å². The van der Waals surface area contributed by atoms with Crippen LogP contribution in [0.1, 0.15) is 81.7 Å². The van der Waals surface area contributed by atoms with Crippen LogP contribution in [0, 0.1) is 19.3 Å². The lowest BCUT2D eigenvalue weighted by molar-refractivity contribution is -0.144. The highest BCUT2D eigenvalue weighted by Crippen LogP contribution is 2.29. The molecule has 2 saturated heterocycles. The van der Waals surface area contributed by atoms with Crippen molar-refractivity contribution in [3.63, 3.8) is 0 Å². The highest BCUT2D eigenvalue weighted by molar-refractivity contribution is 7.13. The van der Waals surface area contributed by atoms with Gasteiger partial charge in [-0.05, 0) is 48.8 Å². The van der Waals surface area contributed by atoms with Crippen molar-refractivity contribution in [3.05, 3.63) is 82.5 Å². The van der Waals surface area contributed by atoms with Crippen molar-refractivity contribution in [2.45, 2.75) is 97.9 Å². The Labute approximate surface area is 384 Å². The SMILES string of the molecule is Cc1cccc(/C=N/Nc2cc(N3CCOCC3)nc(OCCNC(=O)CCCCCC(=O)N[C@H](C(=O)N3C[C@H](O)C[C@H]3C(=O)NCc3ccc(-c4scnc4C)cc3)C(C)(C)C)n2)c1. The standard InChI is InChI=1S/C47H62N10O7S/c1-31-10-9-11-34(24-31)28-51-55-38-26-39(56-19-22-63-23-20-56)53-46(52-38)64-21-18-48-40(59)12-7-6-8-13-41(60)54-43(47(3,4)5)45(62)57-29-36(58)25-37(57)44(61)49-27-33-14-16-35(17-15-33)42-32(2)50-30-65-42/h9-11,14-17,24,26,28,30,36-37,43,58H,6-8,12-13,18-23,25,27,29H2,1-5H3,(H,48,59)(H,49,61)(H,54,60)(H,52,53,55)/b51-28+/t36-,37+,43-/m1/s1. The maximum atomic E-state index is 14.0. The molecule has 0 bridgehead atoms. The van der Waals surface area contributed by atoms with Crippen LogP contribution >= 0.6 is 11.3 Å². The van der Waals surface area contributed by atoms with Gasteiger partial charge >= 0.3 is 6.01 Å². The molecule has 2 aromatic carbocycles. The zero-order chi connectivity index (χ0) is 46.3. The molecule has 18 heteroatoms. The number of aryl methyl sites for hydroxylation is 2. The van der Waals surface area contributed by atoms with Crippen molar-refractivity contribution in [1.29, 1.82) is 0 Å². The van der Waals surface area contributed by atoms with Gasteiger partial charge in [-0.1, -0.05) is 81.3 Å². The second-order valence-electron chi connectivity index (χ2n) is 17.5. The molecule has 3 atom stereocenters. The van der Waals surface area contributed by atoms with Crippen molar-refractivity contribution in [1.82, 2.24) is 35.8 Å². The van der Waals surface area contributed by atoms with Gasteiger partial charge in [-0.2, -0.15) is 15.1 Å². The van der Waals surface area contributed by atoms with E-state index in [1.54, 1.807) is 17.6 Å². The number of amides is 4. The zero-order valence-corrected chi connectivity index (χ0v) is 38.8. The normalized spacial score (nSPS) is 16.9. The molecule has 4 heterocycles. The first-order chi connectivity index (χ1) is 31.2. The van der Waals surface area contributed by atoms with E-state index in [9.17, 15) is 24.3 Å². The zero-order valence-electron chi connectivity index (χ0n) is 38.0. The molecule has 65 heavy (non-hydrogen) atoms. The van der Waals surface area contributed by atoms with Crippen LogP contribution in [0.3, 0.4) is 0 Å². The minimum Gasteiger partial charge on any atom is -0.461 e. The average Bonchev–Trinajstić information content (AvgIpc) is 3.91. The van der Waals surface area contributed by atoms with Crippen LogP contribution in [-0.2, 0) is 30.5 Å². The number of nitrogens with one attached hydrogen (secondary N) is 4. The van der Waals surface area contributed by atoms with Crippen LogP contribution in [0.25, 0.3) is 10.4 Å². The van der Waals surface area contributed by atoms with Gasteiger partial charge in [-0.15, -0.1) is 11.3 Å². The smallest absolute Gasteiger partial charge is 0.320 e. The van der Waals surface area contributed by atoms with Crippen molar-refractivity contribution in [3.8, 4) is 16.5 Å². The van der Waals surface area contributed by atoms with Gasteiger partial charge in [0, 0.05) is 51.5 Å². The predicted molar refractivity (Wildman–Crippen MR) is 251 cm³/mol. The minimum absolute atomic E-state index is 0.00431. The van der Waals surface area contributed by atoms with E-state index in [0.717, 1.165) is 32.8 Å². The van der Waals surface area contributed by atoms with Crippen molar-refractivity contribution < 1.29 is 33.8 Å². The Hall–Kier alpha value is -5.98. The van der Waals surface area contributed by atoms with Crippen molar-refractivity contribution in [2.24, 2.45) is 10.5 Å². The van der Waals surface area contributed by atoms with E-state index in [4.69, 9.17) is 9.47 Å². The van der Waals surface area contributed by atoms with Crippen LogP contribution in [-0.4, -0.2) is 119 Å². The molecule has 0 aliphatic carbocycles. The Morgan fingerprint density at radius 2 is 1.74 bits per heavy atom. The van der Waals surface area contributed by atoms with E-state index in [1.807, 2.05) is 94.7 Å². The molecule has 4 aromatic rings. The van der Waals surface area contributed by atoms with Gasteiger partial charge in [0.25, 0.3) is 0 Å². The molecule has 17 nitrogen and oxygen atoms in total. The predicted octanol–water partition coefficient (Wildman–Crippen LogP) is 4.75. The average molecular weight is 911 g/mol. The second-order valence-corrected chi connectivity index (χ2v) is 18.3. The molecular formula is C47H62N10O7S. The third-order valence-electron chi connectivity index (χ3n) is 11.1. The molecule has 2 aliphatic rings. The molecule has 6 rings (SSSR count). The third kappa shape index (κ3) is 14.5. The molecule has 0 spiro atoms. The van der Waals surface area contributed by atoms with E-state index in [-0.39, 0.29) is 69.2 Å². The molecule has 0 unspecified atom stereocenters. The number of ether oxygens (including phenoxy) is 2. The summed E-state index contributed by atoms with van der Waals surface area (Å²) in [6.07, 6.45) is 3.13. The van der Waals surface area contributed by atoms with E-state index < -0.39 is 29.5 Å². The summed E-state index contributed by atoms with van der Waals surface area (Å²) in [4.78, 5) is 71.2. The van der Waals surface area contributed by atoms with Crippen LogP contribution in [0.4, 0.5) is 11.6 Å². The number of hydrogen-bond donors (Lipinski definition) is 5. The summed E-state index contributed by atoms with van der Waals surface area (Å²) in [6, 6.07) is 16.0. The summed E-state index contributed by atoms with van der Waals surface area (Å²) in [7, 11) is 0. The van der Waals surface area contributed by atoms with Gasteiger partial charge in [-0.25, -0.2) is 4.98 Å². The number of nitrogens with zero attached hydrogens (tertiary/aromatic N) is 6. The van der Waals surface area contributed by atoms with Gasteiger partial charge in [0.15, 0.2) is 5.82 Å². The van der Waals surface area contributed by atoms with Crippen LogP contribution in [0.15, 0.2) is 65.2 Å². The maximum Gasteiger partial charge on any atom is 0.320 e. The van der Waals surface area contributed by atoms with Crippen molar-refractivity contribution in [2.75, 3.05) is 56.3 Å². The Morgan fingerprint density at radius 3 is 2.45 bits per heavy atom. The van der Waals surface area contributed by atoms with Gasteiger partial charge in [0.1, 0.15) is 24.5 Å². The summed E-state index contributed by atoms with van der Waals surface area (Å²) in [5.41, 5.74) is 9.11. The molecular weight excluding hydrogens is 849 g/mol. The third-order valence-corrected chi connectivity index (χ3v) is 12.1. The van der Waals surface area contributed by atoms with Crippen LogP contribution in [0.2, 0.25) is 0 Å². The summed E-state index contributed by atoms with van der Waals surface area (Å²) in [5, 5.41) is 23.6. The number of carbonyl (C=O) groups is 4. The molecule has 348 valence electrons. The lowest BCUT2D eigenvalue weighted by Crippen LogP contribution is -2.57. The fraction of sp³-hybridized carbons (Fsp3) is 0.489. The van der Waals surface area contributed by atoms with Gasteiger partial charge in [0.2, 0.25) is 23.6 Å². The van der Waals surface area contributed by atoms with E-state index in [2.05, 4.69) is 46.3 Å². The number of thiazole rings is 1. The molecule has 2 aromatic heterocycles. The number of likely N-dealkylation sites (tertiary alicyclic amines) is 1. The summed E-state index contributed by atoms with van der Waals surface area (Å²) >= 11 is 1.57. The molecule has 2 aliphatic heterocycles. The number of unbranched alkanes of at least 4 members (excludes halogenated alkanes) is 2. The largest absolute Gasteiger partial charge is 0.461 e. The first-order valence-electron chi connectivity index (χ1n) is 22.3. The Kier molecular flexibility index (Phi) is 17.4. The van der Waals surface area contributed by atoms with Gasteiger partial charge in [0.05, 0.1) is 48.2 Å². The summed E-state index contributed by atoms with van der Waals surface area (Å²) in [5.74, 6) is -0.0624. The monoisotopic (exact) mass is 910 g/mol. The lowest BCUT2D eigenvalue weighted by atomic mass is 9.85. The number of aliphatic hydroxyl groups excluding tert-OH is 1. The van der Waals surface area contributed by atoms with Gasteiger partial charge in [-0.3, -0.25) is 24.6 Å². The van der Waals surface area contributed by atoms with E-state index >= 15 is 0 Å². The van der Waals surface area contributed by atoms with E-state index in [1.165, 1.54) is 4.90 Å². The number of β-amino-alcohol motifs (C(OH)–C–C–N with tert-alkyl or cyclic N) is 1. The summed E-state index contributed by atoms with van der Waals surface area (Å²) < 4.78 is 11.4. The maximum absolute atomic E-state index is 14.0. The number of aromatic nitrogens is 3. The molecule has 0 saturated carbocycles. The Bertz CT molecular complexity index is 2260. The Morgan fingerprint density at radius 1 is 0.985 bits per heavy atom. The fourth-order valence-electron chi connectivity index (χ4n) is 7.60. The topological polar surface area (TPSA) is 213 Å². The quantitative estimate of drug-likeness (QED) is 0.0462. The minimum atomic E-state index is -0.918. The Balaban J connectivity index is 0.905. The van der Waals surface area contributed by atoms with Crippen molar-refractivity contribution >= 4 is 52.8 Å². The van der Waals surface area contributed by atoms with Crippen LogP contribution < -0.4 is 31.0 Å². The highest BCUT2D eigenvalue weighted by Gasteiger charge is 2.44. The number of anilines is 2. The number of benzene rings is 2. The summed E-state index contributed by atoms with van der Waals surface area (Å²) in [6.45, 7) is 12.8. The molecule has 2 fully saturated rings. The molecule has 0 radical (unpaired) electrons. The number of carbonyl (C=O) groups excluding carboxylic acids is 4. The van der Waals surface area contributed by atoms with Gasteiger partial charge < -0.3 is 40.3 Å². The number of hydrogen-bond acceptors (Lipinski definition) is 14. The first kappa shape index (κ1) is 48.5. The number of hydrazone groups is 1. The molecule has 4 amide bonds. The molecule has 5 N–H and O–H groups in total. The lowest BCUT2D eigenvalue weighted by Gasteiger charge is -2.35. The van der Waals surface area contributed by atoms with Crippen LogP contribution in [0.5, 0.6) is 6.01 Å². The number of rotatable bonds is 20. The first-order valence-corrected chi connectivity index (χ1v) is 23.1.